The van der Waals surface area contributed by atoms with Gasteiger partial charge in [0.25, 0.3) is 0 Å². The van der Waals surface area contributed by atoms with Crippen LogP contribution in [0.2, 0.25) is 0 Å². The SMILES string of the molecule is CNCC(O)C(O)c1ccccc1Br. The van der Waals surface area contributed by atoms with E-state index in [1.54, 1.807) is 13.1 Å². The predicted octanol–water partition coefficient (Wildman–Crippen LogP) is 1.06. The molecule has 0 heterocycles. The smallest absolute Gasteiger partial charge is 0.107 e. The molecule has 4 heteroatoms. The van der Waals surface area contributed by atoms with Crippen molar-refractivity contribution in [1.82, 2.24) is 5.32 Å². The van der Waals surface area contributed by atoms with Gasteiger partial charge in [-0.1, -0.05) is 34.1 Å². The second-order valence-electron chi connectivity index (χ2n) is 3.09. The Labute approximate surface area is 91.9 Å². The van der Waals surface area contributed by atoms with Crippen LogP contribution in [0.25, 0.3) is 0 Å². The molecule has 0 aromatic heterocycles. The second kappa shape index (κ2) is 5.46. The Morgan fingerprint density at radius 2 is 2.00 bits per heavy atom. The van der Waals surface area contributed by atoms with Gasteiger partial charge in [0.1, 0.15) is 6.10 Å². The van der Waals surface area contributed by atoms with Gasteiger partial charge in [-0.05, 0) is 18.7 Å². The number of rotatable bonds is 4. The molecule has 14 heavy (non-hydrogen) atoms. The zero-order valence-corrected chi connectivity index (χ0v) is 9.53. The topological polar surface area (TPSA) is 52.5 Å². The minimum absolute atomic E-state index is 0.364. The molecule has 0 radical (unpaired) electrons. The summed E-state index contributed by atoms with van der Waals surface area (Å²) in [6.07, 6.45) is -1.66. The van der Waals surface area contributed by atoms with E-state index in [0.717, 1.165) is 4.47 Å². The Balaban J connectivity index is 2.78. The van der Waals surface area contributed by atoms with Gasteiger partial charge in [-0.2, -0.15) is 0 Å². The van der Waals surface area contributed by atoms with Crippen LogP contribution in [0.4, 0.5) is 0 Å². The first-order chi connectivity index (χ1) is 6.66. The second-order valence-corrected chi connectivity index (χ2v) is 3.95. The van der Waals surface area contributed by atoms with E-state index < -0.39 is 12.2 Å². The van der Waals surface area contributed by atoms with Gasteiger partial charge in [0.15, 0.2) is 0 Å². The number of aliphatic hydroxyl groups excluding tert-OH is 2. The van der Waals surface area contributed by atoms with Crippen LogP contribution in [0.3, 0.4) is 0 Å². The van der Waals surface area contributed by atoms with Gasteiger partial charge >= 0.3 is 0 Å². The molecule has 1 aromatic rings. The number of halogens is 1. The molecule has 0 amide bonds. The van der Waals surface area contributed by atoms with Crippen LogP contribution in [0.5, 0.6) is 0 Å². The first-order valence-electron chi connectivity index (χ1n) is 4.42. The monoisotopic (exact) mass is 259 g/mol. The largest absolute Gasteiger partial charge is 0.389 e. The van der Waals surface area contributed by atoms with Gasteiger partial charge in [0.2, 0.25) is 0 Å². The summed E-state index contributed by atoms with van der Waals surface area (Å²) in [7, 11) is 1.73. The van der Waals surface area contributed by atoms with Gasteiger partial charge in [-0.3, -0.25) is 0 Å². The highest BCUT2D eigenvalue weighted by atomic mass is 79.9. The maximum Gasteiger partial charge on any atom is 0.107 e. The highest BCUT2D eigenvalue weighted by Crippen LogP contribution is 2.24. The van der Waals surface area contributed by atoms with Gasteiger partial charge in [-0.15, -0.1) is 0 Å². The number of likely N-dealkylation sites (N-methyl/N-ethyl adjacent to an activating group) is 1. The number of hydrogen-bond donors (Lipinski definition) is 3. The molecule has 0 bridgehead atoms. The zero-order valence-electron chi connectivity index (χ0n) is 7.94. The Hall–Kier alpha value is -0.420. The van der Waals surface area contributed by atoms with E-state index in [4.69, 9.17) is 0 Å². The average Bonchev–Trinajstić information content (AvgIpc) is 2.18. The lowest BCUT2D eigenvalue weighted by Crippen LogP contribution is -2.29. The minimum atomic E-state index is -0.863. The van der Waals surface area contributed by atoms with Crippen molar-refractivity contribution in [3.05, 3.63) is 34.3 Å². The van der Waals surface area contributed by atoms with Crippen LogP contribution in [0.1, 0.15) is 11.7 Å². The van der Waals surface area contributed by atoms with E-state index in [9.17, 15) is 10.2 Å². The average molecular weight is 260 g/mol. The van der Waals surface area contributed by atoms with Crippen molar-refractivity contribution in [3.8, 4) is 0 Å². The van der Waals surface area contributed by atoms with Crippen molar-refractivity contribution in [3.63, 3.8) is 0 Å². The lowest BCUT2D eigenvalue weighted by atomic mass is 10.0. The van der Waals surface area contributed by atoms with Crippen LogP contribution >= 0.6 is 15.9 Å². The van der Waals surface area contributed by atoms with E-state index in [-0.39, 0.29) is 0 Å². The molecule has 1 aromatic carbocycles. The Morgan fingerprint density at radius 1 is 1.36 bits per heavy atom. The maximum absolute atomic E-state index is 9.78. The van der Waals surface area contributed by atoms with Gasteiger partial charge in [-0.25, -0.2) is 0 Å². The molecule has 0 aliphatic rings. The Kier molecular flexibility index (Phi) is 4.54. The zero-order chi connectivity index (χ0) is 10.6. The summed E-state index contributed by atoms with van der Waals surface area (Å²) in [4.78, 5) is 0. The van der Waals surface area contributed by atoms with E-state index in [0.29, 0.717) is 12.1 Å². The van der Waals surface area contributed by atoms with Crippen molar-refractivity contribution in [2.75, 3.05) is 13.6 Å². The van der Waals surface area contributed by atoms with Crippen LogP contribution in [-0.2, 0) is 0 Å². The van der Waals surface area contributed by atoms with Crippen molar-refractivity contribution in [1.29, 1.82) is 0 Å². The quantitative estimate of drug-likeness (QED) is 0.758. The first-order valence-corrected chi connectivity index (χ1v) is 5.21. The summed E-state index contributed by atoms with van der Waals surface area (Å²) in [5.41, 5.74) is 0.704. The number of hydrogen-bond acceptors (Lipinski definition) is 3. The maximum atomic E-state index is 9.78. The highest BCUT2D eigenvalue weighted by Gasteiger charge is 2.19. The molecule has 3 nitrogen and oxygen atoms in total. The molecule has 0 saturated carbocycles. The molecule has 1 rings (SSSR count). The molecule has 3 N–H and O–H groups in total. The molecule has 78 valence electrons. The predicted molar refractivity (Wildman–Crippen MR) is 59.0 cm³/mol. The standard InChI is InChI=1S/C10H14BrNO2/c1-12-6-9(13)10(14)7-4-2-3-5-8(7)11/h2-5,9-10,12-14H,6H2,1H3. The van der Waals surface area contributed by atoms with Crippen LogP contribution in [-0.4, -0.2) is 29.9 Å². The molecular weight excluding hydrogens is 246 g/mol. The van der Waals surface area contributed by atoms with Gasteiger partial charge < -0.3 is 15.5 Å². The van der Waals surface area contributed by atoms with Crippen LogP contribution in [0, 0.1) is 0 Å². The third-order valence-electron chi connectivity index (χ3n) is 2.00. The Bertz CT molecular complexity index is 293. The minimum Gasteiger partial charge on any atom is -0.389 e. The van der Waals surface area contributed by atoms with E-state index in [2.05, 4.69) is 21.2 Å². The third-order valence-corrected chi connectivity index (χ3v) is 2.72. The van der Waals surface area contributed by atoms with Crippen molar-refractivity contribution >= 4 is 15.9 Å². The molecule has 2 unspecified atom stereocenters. The lowest BCUT2D eigenvalue weighted by molar-refractivity contribution is 0.0198. The number of nitrogens with one attached hydrogen (secondary N) is 1. The summed E-state index contributed by atoms with van der Waals surface area (Å²) in [6.45, 7) is 0.364. The van der Waals surface area contributed by atoms with Gasteiger partial charge in [0, 0.05) is 11.0 Å². The van der Waals surface area contributed by atoms with Crippen molar-refractivity contribution < 1.29 is 10.2 Å². The molecule has 0 spiro atoms. The molecule has 0 aliphatic heterocycles. The van der Waals surface area contributed by atoms with E-state index in [1.807, 2.05) is 18.2 Å². The van der Waals surface area contributed by atoms with Crippen LogP contribution < -0.4 is 5.32 Å². The summed E-state index contributed by atoms with van der Waals surface area (Å²) in [6, 6.07) is 7.32. The first kappa shape index (κ1) is 11.7. The third kappa shape index (κ3) is 2.78. The van der Waals surface area contributed by atoms with Crippen molar-refractivity contribution in [2.45, 2.75) is 12.2 Å². The fourth-order valence-electron chi connectivity index (χ4n) is 1.24. The number of benzene rings is 1. The van der Waals surface area contributed by atoms with Crippen molar-refractivity contribution in [2.24, 2.45) is 0 Å². The number of aliphatic hydroxyl groups is 2. The molecule has 0 saturated heterocycles. The fourth-order valence-corrected chi connectivity index (χ4v) is 1.76. The molecule has 0 fully saturated rings. The molecular formula is C10H14BrNO2. The summed E-state index contributed by atoms with van der Waals surface area (Å²) >= 11 is 3.32. The summed E-state index contributed by atoms with van der Waals surface area (Å²) < 4.78 is 0.808. The summed E-state index contributed by atoms with van der Waals surface area (Å²) in [5, 5.41) is 22.2. The fraction of sp³-hybridized carbons (Fsp3) is 0.400. The van der Waals surface area contributed by atoms with Crippen LogP contribution in [0.15, 0.2) is 28.7 Å². The van der Waals surface area contributed by atoms with Gasteiger partial charge in [0.05, 0.1) is 6.10 Å². The highest BCUT2D eigenvalue weighted by molar-refractivity contribution is 9.10. The van der Waals surface area contributed by atoms with E-state index in [1.165, 1.54) is 0 Å². The normalized spacial score (nSPS) is 15.1. The van der Waals surface area contributed by atoms with E-state index >= 15 is 0 Å². The summed E-state index contributed by atoms with van der Waals surface area (Å²) in [5.74, 6) is 0. The Morgan fingerprint density at radius 3 is 2.57 bits per heavy atom. The lowest BCUT2D eigenvalue weighted by Gasteiger charge is -2.18. The molecule has 2 atom stereocenters. The molecule has 0 aliphatic carbocycles.